The third kappa shape index (κ3) is 4.89. The molecule has 7 nitrogen and oxygen atoms in total. The quantitative estimate of drug-likeness (QED) is 0.742. The summed E-state index contributed by atoms with van der Waals surface area (Å²) < 4.78 is 64.0. The van der Waals surface area contributed by atoms with Gasteiger partial charge in [0.05, 0.1) is 0 Å². The maximum atomic E-state index is 12.6. The molecule has 0 saturated carbocycles. The summed E-state index contributed by atoms with van der Waals surface area (Å²) in [6, 6.07) is 2.98. The summed E-state index contributed by atoms with van der Waals surface area (Å²) in [5.41, 5.74) is 0. The molecule has 11 heteroatoms. The first-order chi connectivity index (χ1) is 12.6. The van der Waals surface area contributed by atoms with Gasteiger partial charge in [0, 0.05) is 45.5 Å². The maximum absolute atomic E-state index is 12.6. The van der Waals surface area contributed by atoms with Crippen molar-refractivity contribution in [2.75, 3.05) is 44.2 Å². The van der Waals surface area contributed by atoms with Crippen molar-refractivity contribution >= 4 is 21.7 Å². The highest BCUT2D eigenvalue weighted by molar-refractivity contribution is 7.89. The molecule has 2 rings (SSSR count). The summed E-state index contributed by atoms with van der Waals surface area (Å²) in [5.74, 6) is -1.37. The minimum absolute atomic E-state index is 0.0171. The Morgan fingerprint density at radius 3 is 2.33 bits per heavy atom. The van der Waals surface area contributed by atoms with E-state index in [0.717, 1.165) is 4.90 Å². The van der Waals surface area contributed by atoms with Crippen molar-refractivity contribution in [1.29, 1.82) is 0 Å². The van der Waals surface area contributed by atoms with Crippen LogP contribution in [0.25, 0.3) is 0 Å². The van der Waals surface area contributed by atoms with Gasteiger partial charge >= 0.3 is 12.1 Å². The van der Waals surface area contributed by atoms with Crippen LogP contribution < -0.4 is 4.90 Å². The number of rotatable bonds is 5. The van der Waals surface area contributed by atoms with Gasteiger partial charge in [0.15, 0.2) is 0 Å². The fourth-order valence-electron chi connectivity index (χ4n) is 2.95. The molecule has 2 heterocycles. The SMILES string of the molecule is CCN(CC)S(=O)(=O)c1ccc(N2CCCN(C(=O)C(F)(F)F)CC2)nc1. The topological polar surface area (TPSA) is 73.8 Å². The van der Waals surface area contributed by atoms with Crippen LogP contribution in [0.1, 0.15) is 20.3 Å². The zero-order chi connectivity index (χ0) is 20.2. The number of aromatic nitrogens is 1. The Morgan fingerprint density at radius 1 is 1.15 bits per heavy atom. The molecule has 1 aliphatic rings. The first-order valence-corrected chi connectivity index (χ1v) is 10.1. The number of pyridine rings is 1. The second-order valence-electron chi connectivity index (χ2n) is 6.07. The fourth-order valence-corrected chi connectivity index (χ4v) is 4.36. The molecule has 0 atom stereocenters. The van der Waals surface area contributed by atoms with E-state index in [9.17, 15) is 26.4 Å². The maximum Gasteiger partial charge on any atom is 0.471 e. The highest BCUT2D eigenvalue weighted by atomic mass is 32.2. The molecule has 1 amide bonds. The molecule has 152 valence electrons. The van der Waals surface area contributed by atoms with E-state index in [1.54, 1.807) is 18.7 Å². The molecule has 0 aromatic carbocycles. The number of hydrogen-bond acceptors (Lipinski definition) is 5. The number of carbonyl (C=O) groups excluding carboxylic acids is 1. The van der Waals surface area contributed by atoms with Crippen LogP contribution in [0, 0.1) is 0 Å². The van der Waals surface area contributed by atoms with Gasteiger partial charge < -0.3 is 9.80 Å². The molecule has 0 unspecified atom stereocenters. The number of sulfonamides is 1. The van der Waals surface area contributed by atoms with Gasteiger partial charge in [-0.25, -0.2) is 13.4 Å². The molecule has 0 spiro atoms. The zero-order valence-electron chi connectivity index (χ0n) is 15.2. The third-order valence-corrected chi connectivity index (χ3v) is 6.45. The van der Waals surface area contributed by atoms with Gasteiger partial charge in [0.25, 0.3) is 0 Å². The van der Waals surface area contributed by atoms with Crippen LogP contribution in [0.15, 0.2) is 23.2 Å². The largest absolute Gasteiger partial charge is 0.471 e. The van der Waals surface area contributed by atoms with E-state index < -0.39 is 22.1 Å². The number of carbonyl (C=O) groups is 1. The Morgan fingerprint density at radius 2 is 1.81 bits per heavy atom. The summed E-state index contributed by atoms with van der Waals surface area (Å²) in [6.07, 6.45) is -3.26. The minimum Gasteiger partial charge on any atom is -0.355 e. The Balaban J connectivity index is 2.11. The summed E-state index contributed by atoms with van der Waals surface area (Å²) >= 11 is 0. The van der Waals surface area contributed by atoms with Crippen molar-refractivity contribution in [1.82, 2.24) is 14.2 Å². The van der Waals surface area contributed by atoms with Crippen molar-refractivity contribution in [2.45, 2.75) is 31.3 Å². The van der Waals surface area contributed by atoms with Crippen LogP contribution >= 0.6 is 0 Å². The lowest BCUT2D eigenvalue weighted by Crippen LogP contribution is -2.43. The molecular formula is C16H23F3N4O3S. The number of amides is 1. The van der Waals surface area contributed by atoms with Gasteiger partial charge in [-0.1, -0.05) is 13.8 Å². The highest BCUT2D eigenvalue weighted by Crippen LogP contribution is 2.22. The predicted octanol–water partition coefficient (Wildman–Crippen LogP) is 1.71. The van der Waals surface area contributed by atoms with E-state index >= 15 is 0 Å². The minimum atomic E-state index is -4.88. The summed E-state index contributed by atoms with van der Waals surface area (Å²) in [6.45, 7) is 4.74. The van der Waals surface area contributed by atoms with Gasteiger partial charge in [-0.05, 0) is 18.6 Å². The smallest absolute Gasteiger partial charge is 0.355 e. The molecular weight excluding hydrogens is 385 g/mol. The lowest BCUT2D eigenvalue weighted by molar-refractivity contribution is -0.185. The lowest BCUT2D eigenvalue weighted by atomic mass is 10.3. The van der Waals surface area contributed by atoms with E-state index in [1.807, 2.05) is 0 Å². The molecule has 1 aromatic rings. The summed E-state index contributed by atoms with van der Waals surface area (Å²) in [4.78, 5) is 18.2. The van der Waals surface area contributed by atoms with Crippen LogP contribution in [0.4, 0.5) is 19.0 Å². The van der Waals surface area contributed by atoms with Crippen LogP contribution in [-0.4, -0.2) is 74.0 Å². The predicted molar refractivity (Wildman–Crippen MR) is 93.8 cm³/mol. The van der Waals surface area contributed by atoms with Crippen LogP contribution in [0.5, 0.6) is 0 Å². The van der Waals surface area contributed by atoms with E-state index in [4.69, 9.17) is 0 Å². The number of anilines is 1. The first-order valence-electron chi connectivity index (χ1n) is 8.68. The van der Waals surface area contributed by atoms with Crippen molar-refractivity contribution in [3.05, 3.63) is 18.3 Å². The molecule has 1 fully saturated rings. The molecule has 0 bridgehead atoms. The van der Waals surface area contributed by atoms with Crippen molar-refractivity contribution in [3.63, 3.8) is 0 Å². The van der Waals surface area contributed by atoms with E-state index in [1.165, 1.54) is 22.6 Å². The molecule has 27 heavy (non-hydrogen) atoms. The third-order valence-electron chi connectivity index (χ3n) is 4.41. The van der Waals surface area contributed by atoms with Gasteiger partial charge in [-0.2, -0.15) is 17.5 Å². The molecule has 1 aromatic heterocycles. The second-order valence-corrected chi connectivity index (χ2v) is 8.01. The number of alkyl halides is 3. The van der Waals surface area contributed by atoms with Gasteiger partial charge in [0.2, 0.25) is 10.0 Å². The van der Waals surface area contributed by atoms with E-state index in [2.05, 4.69) is 4.98 Å². The fraction of sp³-hybridized carbons (Fsp3) is 0.625. The average Bonchev–Trinajstić information content (AvgIpc) is 2.87. The summed E-state index contributed by atoms with van der Waals surface area (Å²) in [5, 5.41) is 0. The number of halogens is 3. The molecule has 0 N–H and O–H groups in total. The van der Waals surface area contributed by atoms with Crippen molar-refractivity contribution in [2.24, 2.45) is 0 Å². The molecule has 1 saturated heterocycles. The Bertz CT molecular complexity index is 749. The summed E-state index contributed by atoms with van der Waals surface area (Å²) in [7, 11) is -3.62. The average molecular weight is 408 g/mol. The lowest BCUT2D eigenvalue weighted by Gasteiger charge is -2.24. The standard InChI is InChI=1S/C16H23F3N4O3S/c1-3-23(4-2)27(25,26)13-6-7-14(20-12-13)21-8-5-9-22(11-10-21)15(24)16(17,18)19/h6-7,12H,3-5,8-11H2,1-2H3. The second kappa shape index (κ2) is 8.42. The van der Waals surface area contributed by atoms with Crippen molar-refractivity contribution < 1.29 is 26.4 Å². The highest BCUT2D eigenvalue weighted by Gasteiger charge is 2.42. The Labute approximate surface area is 156 Å². The van der Waals surface area contributed by atoms with Crippen molar-refractivity contribution in [3.8, 4) is 0 Å². The normalized spacial score (nSPS) is 16.5. The molecule has 0 aliphatic carbocycles. The van der Waals surface area contributed by atoms with Crippen LogP contribution in [0.3, 0.4) is 0 Å². The number of nitrogens with zero attached hydrogens (tertiary/aromatic N) is 4. The Hall–Kier alpha value is -1.88. The molecule has 1 aliphatic heterocycles. The van der Waals surface area contributed by atoms with Gasteiger partial charge in [0.1, 0.15) is 10.7 Å². The number of hydrogen-bond donors (Lipinski definition) is 0. The van der Waals surface area contributed by atoms with E-state index in [0.29, 0.717) is 31.9 Å². The molecule has 0 radical (unpaired) electrons. The van der Waals surface area contributed by atoms with E-state index in [-0.39, 0.29) is 24.5 Å². The monoisotopic (exact) mass is 408 g/mol. The Kier molecular flexibility index (Phi) is 6.68. The van der Waals surface area contributed by atoms with Gasteiger partial charge in [-0.3, -0.25) is 4.79 Å². The first kappa shape index (κ1) is 21.4. The van der Waals surface area contributed by atoms with Crippen LogP contribution in [0.2, 0.25) is 0 Å². The van der Waals surface area contributed by atoms with Crippen LogP contribution in [-0.2, 0) is 14.8 Å². The van der Waals surface area contributed by atoms with Gasteiger partial charge in [-0.15, -0.1) is 0 Å². The zero-order valence-corrected chi connectivity index (χ0v) is 16.1.